The van der Waals surface area contributed by atoms with Gasteiger partial charge in [0.05, 0.1) is 15.5 Å². The Labute approximate surface area is 175 Å². The van der Waals surface area contributed by atoms with E-state index in [-0.39, 0.29) is 15.5 Å². The van der Waals surface area contributed by atoms with Crippen LogP contribution < -0.4 is 5.32 Å². The molecular weight excluding hydrogens is 419 g/mol. The molecule has 28 heavy (non-hydrogen) atoms. The van der Waals surface area contributed by atoms with Crippen molar-refractivity contribution < 1.29 is 13.2 Å². The summed E-state index contributed by atoms with van der Waals surface area (Å²) in [4.78, 5) is 12.8. The van der Waals surface area contributed by atoms with Gasteiger partial charge in [0, 0.05) is 23.8 Å². The van der Waals surface area contributed by atoms with Crippen LogP contribution in [-0.2, 0) is 10.0 Å². The third-order valence-corrected chi connectivity index (χ3v) is 7.46. The fraction of sp³-hybridized carbons (Fsp3) is 0.350. The molecule has 0 unspecified atom stereocenters. The predicted molar refractivity (Wildman–Crippen MR) is 113 cm³/mol. The van der Waals surface area contributed by atoms with E-state index in [1.807, 2.05) is 6.92 Å². The van der Waals surface area contributed by atoms with E-state index in [4.69, 9.17) is 23.2 Å². The summed E-state index contributed by atoms with van der Waals surface area (Å²) in [6.07, 6.45) is 1.66. The number of nitrogens with one attached hydrogen (secondary N) is 1. The summed E-state index contributed by atoms with van der Waals surface area (Å²) in [5.41, 5.74) is 1.49. The van der Waals surface area contributed by atoms with E-state index in [0.29, 0.717) is 29.7 Å². The third kappa shape index (κ3) is 4.51. The van der Waals surface area contributed by atoms with Crippen molar-refractivity contribution in [2.45, 2.75) is 31.6 Å². The van der Waals surface area contributed by atoms with Gasteiger partial charge in [0.25, 0.3) is 5.91 Å². The van der Waals surface area contributed by atoms with Crippen LogP contribution in [0, 0.1) is 12.8 Å². The molecule has 150 valence electrons. The Kier molecular flexibility index (Phi) is 6.34. The first-order valence-corrected chi connectivity index (χ1v) is 11.3. The number of hydrogen-bond donors (Lipinski definition) is 1. The molecule has 1 saturated heterocycles. The minimum atomic E-state index is -3.67. The molecule has 1 N–H and O–H groups in total. The summed E-state index contributed by atoms with van der Waals surface area (Å²) in [6.45, 7) is 4.91. The molecule has 2 aromatic carbocycles. The van der Waals surface area contributed by atoms with Gasteiger partial charge in [-0.15, -0.1) is 0 Å². The second kappa shape index (κ2) is 8.41. The second-order valence-corrected chi connectivity index (χ2v) is 9.92. The molecule has 3 rings (SSSR count). The number of halogens is 2. The number of amides is 1. The van der Waals surface area contributed by atoms with Crippen LogP contribution in [-0.4, -0.2) is 31.7 Å². The summed E-state index contributed by atoms with van der Waals surface area (Å²) in [6, 6.07) is 9.33. The van der Waals surface area contributed by atoms with Crippen molar-refractivity contribution in [3.8, 4) is 0 Å². The molecule has 0 saturated carbocycles. The quantitative estimate of drug-likeness (QED) is 0.728. The van der Waals surface area contributed by atoms with E-state index in [1.165, 1.54) is 22.5 Å². The van der Waals surface area contributed by atoms with E-state index in [2.05, 4.69) is 12.2 Å². The first-order chi connectivity index (χ1) is 13.2. The van der Waals surface area contributed by atoms with E-state index in [9.17, 15) is 13.2 Å². The first kappa shape index (κ1) is 21.1. The lowest BCUT2D eigenvalue weighted by molar-refractivity contribution is 0.102. The Balaban J connectivity index is 1.87. The zero-order valence-corrected chi connectivity index (χ0v) is 18.0. The smallest absolute Gasteiger partial charge is 0.257 e. The molecule has 0 bridgehead atoms. The van der Waals surface area contributed by atoms with Crippen LogP contribution in [0.4, 0.5) is 5.69 Å². The van der Waals surface area contributed by atoms with Gasteiger partial charge in [0.2, 0.25) is 10.0 Å². The van der Waals surface area contributed by atoms with Gasteiger partial charge in [-0.25, -0.2) is 8.42 Å². The van der Waals surface area contributed by atoms with Crippen LogP contribution >= 0.6 is 23.2 Å². The zero-order chi connectivity index (χ0) is 20.5. The predicted octanol–water partition coefficient (Wildman–Crippen LogP) is 4.97. The van der Waals surface area contributed by atoms with E-state index >= 15 is 0 Å². The molecule has 1 aliphatic rings. The van der Waals surface area contributed by atoms with Gasteiger partial charge in [-0.1, -0.05) is 30.1 Å². The van der Waals surface area contributed by atoms with Crippen molar-refractivity contribution in [2.24, 2.45) is 5.92 Å². The number of benzene rings is 2. The maximum atomic E-state index is 13.0. The van der Waals surface area contributed by atoms with Crippen molar-refractivity contribution in [1.82, 2.24) is 4.31 Å². The molecule has 1 amide bonds. The number of aryl methyl sites for hydroxylation is 1. The van der Waals surface area contributed by atoms with Crippen LogP contribution in [0.1, 0.15) is 35.7 Å². The molecule has 8 heteroatoms. The number of carbonyl (C=O) groups excluding carboxylic acids is 1. The molecule has 0 aromatic heterocycles. The fourth-order valence-electron chi connectivity index (χ4n) is 3.17. The number of nitrogens with zero attached hydrogens (tertiary/aromatic N) is 1. The number of carbonyl (C=O) groups is 1. The van der Waals surface area contributed by atoms with Gasteiger partial charge in [0.1, 0.15) is 0 Å². The highest BCUT2D eigenvalue weighted by Crippen LogP contribution is 2.27. The molecule has 1 fully saturated rings. The van der Waals surface area contributed by atoms with E-state index < -0.39 is 15.9 Å². The Morgan fingerprint density at radius 2 is 1.79 bits per heavy atom. The summed E-state index contributed by atoms with van der Waals surface area (Å²) in [5.74, 6) is 0.0420. The first-order valence-electron chi connectivity index (χ1n) is 9.05. The lowest BCUT2D eigenvalue weighted by atomic mass is 10.0. The van der Waals surface area contributed by atoms with Gasteiger partial charge >= 0.3 is 0 Å². The number of hydrogen-bond acceptors (Lipinski definition) is 3. The zero-order valence-electron chi connectivity index (χ0n) is 15.7. The third-order valence-electron chi connectivity index (χ3n) is 5.00. The molecular formula is C20H22Cl2N2O3S. The highest BCUT2D eigenvalue weighted by Gasteiger charge is 2.29. The summed E-state index contributed by atoms with van der Waals surface area (Å²) in [5, 5.41) is 3.53. The van der Waals surface area contributed by atoms with E-state index in [1.54, 1.807) is 18.2 Å². The van der Waals surface area contributed by atoms with Crippen molar-refractivity contribution in [2.75, 3.05) is 18.4 Å². The minimum Gasteiger partial charge on any atom is -0.322 e. The number of piperidine rings is 1. The Bertz CT molecular complexity index is 1000. The largest absolute Gasteiger partial charge is 0.322 e. The van der Waals surface area contributed by atoms with Crippen molar-refractivity contribution in [1.29, 1.82) is 0 Å². The minimum absolute atomic E-state index is 0.0735. The molecule has 2 aromatic rings. The number of sulfonamides is 1. The van der Waals surface area contributed by atoms with Crippen molar-refractivity contribution in [3.63, 3.8) is 0 Å². The molecule has 1 heterocycles. The van der Waals surface area contributed by atoms with Gasteiger partial charge in [0.15, 0.2) is 0 Å². The fourth-order valence-corrected chi connectivity index (χ4v) is 5.10. The normalized spacial score (nSPS) is 16.1. The summed E-state index contributed by atoms with van der Waals surface area (Å²) < 4.78 is 27.4. The SMILES string of the molecule is Cc1cc(Cl)ccc1NC(=O)c1cc(S(=O)(=O)N2CCC(C)CC2)ccc1Cl. The van der Waals surface area contributed by atoms with Crippen molar-refractivity contribution in [3.05, 3.63) is 57.6 Å². The number of anilines is 1. The van der Waals surface area contributed by atoms with Gasteiger partial charge < -0.3 is 5.32 Å². The Morgan fingerprint density at radius 3 is 2.43 bits per heavy atom. The maximum absolute atomic E-state index is 13.0. The molecule has 1 aliphatic heterocycles. The average Bonchev–Trinajstić information content (AvgIpc) is 2.64. The topological polar surface area (TPSA) is 66.5 Å². The maximum Gasteiger partial charge on any atom is 0.257 e. The van der Waals surface area contributed by atoms with Crippen LogP contribution in [0.3, 0.4) is 0 Å². The second-order valence-electron chi connectivity index (χ2n) is 7.14. The standard InChI is InChI=1S/C20H22Cl2N2O3S/c1-13-7-9-24(10-8-13)28(26,27)16-4-5-18(22)17(12-16)20(25)23-19-6-3-15(21)11-14(19)2/h3-6,11-13H,7-10H2,1-2H3,(H,23,25). The molecule has 0 atom stereocenters. The van der Waals surface area contributed by atoms with Gasteiger partial charge in [-0.2, -0.15) is 4.31 Å². The van der Waals surface area contributed by atoms with Gasteiger partial charge in [-0.05, 0) is 67.6 Å². The monoisotopic (exact) mass is 440 g/mol. The van der Waals surface area contributed by atoms with Gasteiger partial charge in [-0.3, -0.25) is 4.79 Å². The average molecular weight is 441 g/mol. The molecule has 0 aliphatic carbocycles. The molecule has 0 spiro atoms. The van der Waals surface area contributed by atoms with Crippen LogP contribution in [0.25, 0.3) is 0 Å². The van der Waals surface area contributed by atoms with Crippen LogP contribution in [0.15, 0.2) is 41.3 Å². The van der Waals surface area contributed by atoms with Crippen LogP contribution in [0.5, 0.6) is 0 Å². The van der Waals surface area contributed by atoms with Crippen molar-refractivity contribution >= 4 is 44.8 Å². The molecule has 5 nitrogen and oxygen atoms in total. The highest BCUT2D eigenvalue weighted by molar-refractivity contribution is 7.89. The number of rotatable bonds is 4. The Morgan fingerprint density at radius 1 is 1.11 bits per heavy atom. The van der Waals surface area contributed by atoms with Crippen LogP contribution in [0.2, 0.25) is 10.0 Å². The van der Waals surface area contributed by atoms with E-state index in [0.717, 1.165) is 18.4 Å². The summed E-state index contributed by atoms with van der Waals surface area (Å²) >= 11 is 12.1. The summed E-state index contributed by atoms with van der Waals surface area (Å²) in [7, 11) is -3.67. The lowest BCUT2D eigenvalue weighted by Crippen LogP contribution is -2.37. The lowest BCUT2D eigenvalue weighted by Gasteiger charge is -2.29. The highest BCUT2D eigenvalue weighted by atomic mass is 35.5. The Hall–Kier alpha value is -1.60. The molecule has 0 radical (unpaired) electrons.